The lowest BCUT2D eigenvalue weighted by molar-refractivity contribution is 0.596. The highest BCUT2D eigenvalue weighted by Gasteiger charge is 2.25. The quantitative estimate of drug-likeness (QED) is 0.794. The summed E-state index contributed by atoms with van der Waals surface area (Å²) in [5.74, 6) is 0. The monoisotopic (exact) mass is 335 g/mol. The van der Waals surface area contributed by atoms with E-state index in [1.54, 1.807) is 47.4 Å². The lowest BCUT2D eigenvalue weighted by Gasteiger charge is -2.05. The molecule has 0 spiro atoms. The van der Waals surface area contributed by atoms with Gasteiger partial charge < -0.3 is 10.3 Å². The van der Waals surface area contributed by atoms with Gasteiger partial charge in [0.15, 0.2) is 0 Å². The van der Waals surface area contributed by atoms with E-state index in [1.165, 1.54) is 6.07 Å². The van der Waals surface area contributed by atoms with Crippen LogP contribution in [0.3, 0.4) is 0 Å². The third kappa shape index (κ3) is 2.39. The molecule has 2 N–H and O–H groups in total. The second-order valence-corrected chi connectivity index (χ2v) is 7.10. The summed E-state index contributed by atoms with van der Waals surface area (Å²) < 4.78 is 27.7. The number of fused-ring (bicyclic) bond motifs is 1. The van der Waals surface area contributed by atoms with Crippen molar-refractivity contribution in [3.63, 3.8) is 0 Å². The maximum atomic E-state index is 12.9. The standard InChI is InChI=1S/C15H14ClN3O2S/c16-12-3-1-2-4-14(12)22(20,21)15-10-19(8-6-17)13-9-18-7-5-11(13)15/h1-5,7,9-10H,6,8,17H2. The molecule has 0 radical (unpaired) electrons. The van der Waals surface area contributed by atoms with Gasteiger partial charge in [0.2, 0.25) is 9.84 Å². The van der Waals surface area contributed by atoms with Crippen LogP contribution in [0.25, 0.3) is 10.9 Å². The summed E-state index contributed by atoms with van der Waals surface area (Å²) in [7, 11) is -3.72. The van der Waals surface area contributed by atoms with Crippen molar-refractivity contribution < 1.29 is 8.42 Å². The van der Waals surface area contributed by atoms with Crippen molar-refractivity contribution >= 4 is 32.3 Å². The van der Waals surface area contributed by atoms with Crippen LogP contribution >= 0.6 is 11.6 Å². The lowest BCUT2D eigenvalue weighted by atomic mass is 10.3. The highest BCUT2D eigenvalue weighted by molar-refractivity contribution is 7.91. The molecule has 0 amide bonds. The molecule has 1 aromatic carbocycles. The van der Waals surface area contributed by atoms with Crippen molar-refractivity contribution in [3.05, 3.63) is 53.9 Å². The predicted octanol–water partition coefficient (Wildman–Crippen LogP) is 2.48. The van der Waals surface area contributed by atoms with E-state index in [4.69, 9.17) is 17.3 Å². The molecular formula is C15H14ClN3O2S. The molecule has 3 aromatic rings. The smallest absolute Gasteiger partial charge is 0.210 e. The topological polar surface area (TPSA) is 78.0 Å². The highest BCUT2D eigenvalue weighted by Crippen LogP contribution is 2.32. The molecule has 0 aliphatic rings. The largest absolute Gasteiger partial charge is 0.344 e. The Labute approximate surface area is 133 Å². The number of pyridine rings is 1. The average Bonchev–Trinajstić information content (AvgIpc) is 2.88. The number of nitrogens with zero attached hydrogens (tertiary/aromatic N) is 2. The fourth-order valence-corrected chi connectivity index (χ4v) is 4.41. The van der Waals surface area contributed by atoms with Crippen molar-refractivity contribution in [2.75, 3.05) is 6.54 Å². The second-order valence-electron chi connectivity index (χ2n) is 4.80. The van der Waals surface area contributed by atoms with Gasteiger partial charge in [-0.25, -0.2) is 8.42 Å². The zero-order chi connectivity index (χ0) is 15.7. The number of sulfone groups is 1. The zero-order valence-corrected chi connectivity index (χ0v) is 13.2. The van der Waals surface area contributed by atoms with Gasteiger partial charge in [-0.2, -0.15) is 0 Å². The first-order chi connectivity index (χ1) is 10.6. The normalized spacial score (nSPS) is 11.9. The molecule has 0 aliphatic carbocycles. The van der Waals surface area contributed by atoms with Gasteiger partial charge in [0.05, 0.1) is 26.5 Å². The Morgan fingerprint density at radius 2 is 1.95 bits per heavy atom. The third-order valence-electron chi connectivity index (χ3n) is 3.43. The Hall–Kier alpha value is -1.89. The van der Waals surface area contributed by atoms with Gasteiger partial charge >= 0.3 is 0 Å². The summed E-state index contributed by atoms with van der Waals surface area (Å²) in [5, 5.41) is 0.819. The number of hydrogen-bond donors (Lipinski definition) is 1. The van der Waals surface area contributed by atoms with Crippen LogP contribution in [0.2, 0.25) is 5.02 Å². The maximum Gasteiger partial charge on any atom is 0.210 e. The Bertz CT molecular complexity index is 935. The molecule has 0 saturated carbocycles. The first-order valence-electron chi connectivity index (χ1n) is 6.68. The van der Waals surface area contributed by atoms with Crippen molar-refractivity contribution in [1.82, 2.24) is 9.55 Å². The van der Waals surface area contributed by atoms with Crippen LogP contribution in [0.4, 0.5) is 0 Å². The van der Waals surface area contributed by atoms with Crippen LogP contribution in [-0.4, -0.2) is 24.5 Å². The Morgan fingerprint density at radius 3 is 2.68 bits per heavy atom. The first kappa shape index (κ1) is 15.0. The molecule has 7 heteroatoms. The third-order valence-corrected chi connectivity index (χ3v) is 5.71. The SMILES string of the molecule is NCCn1cc(S(=O)(=O)c2ccccc2Cl)c2ccncc21. The van der Waals surface area contributed by atoms with Gasteiger partial charge in [-0.05, 0) is 18.2 Å². The minimum Gasteiger partial charge on any atom is -0.344 e. The molecule has 2 aromatic heterocycles. The van der Waals surface area contributed by atoms with Crippen LogP contribution in [-0.2, 0) is 16.4 Å². The van der Waals surface area contributed by atoms with Gasteiger partial charge in [0, 0.05) is 30.9 Å². The second kappa shape index (κ2) is 5.72. The number of rotatable bonds is 4. The molecule has 0 aliphatic heterocycles. The fraction of sp³-hybridized carbons (Fsp3) is 0.133. The van der Waals surface area contributed by atoms with E-state index in [0.29, 0.717) is 18.5 Å². The van der Waals surface area contributed by atoms with Crippen LogP contribution in [0.5, 0.6) is 0 Å². The van der Waals surface area contributed by atoms with Crippen LogP contribution < -0.4 is 5.73 Å². The van der Waals surface area contributed by atoms with Gasteiger partial charge in [0.1, 0.15) is 0 Å². The zero-order valence-electron chi connectivity index (χ0n) is 11.6. The lowest BCUT2D eigenvalue weighted by Crippen LogP contribution is -2.09. The van der Waals surface area contributed by atoms with Gasteiger partial charge in [0.25, 0.3) is 0 Å². The van der Waals surface area contributed by atoms with E-state index in [2.05, 4.69) is 4.98 Å². The van der Waals surface area contributed by atoms with E-state index >= 15 is 0 Å². The summed E-state index contributed by atoms with van der Waals surface area (Å²) >= 11 is 6.06. The van der Waals surface area contributed by atoms with E-state index in [0.717, 1.165) is 5.52 Å². The van der Waals surface area contributed by atoms with Gasteiger partial charge in [-0.15, -0.1) is 0 Å². The average molecular weight is 336 g/mol. The molecule has 0 bridgehead atoms. The Balaban J connectivity index is 2.28. The number of halogens is 1. The van der Waals surface area contributed by atoms with Gasteiger partial charge in [-0.3, -0.25) is 4.98 Å². The van der Waals surface area contributed by atoms with E-state index in [9.17, 15) is 8.42 Å². The highest BCUT2D eigenvalue weighted by atomic mass is 35.5. The molecule has 22 heavy (non-hydrogen) atoms. The molecule has 3 rings (SSSR count). The summed E-state index contributed by atoms with van der Waals surface area (Å²) in [4.78, 5) is 4.37. The molecule has 114 valence electrons. The maximum absolute atomic E-state index is 12.9. The number of benzene rings is 1. The van der Waals surface area contributed by atoms with E-state index < -0.39 is 9.84 Å². The van der Waals surface area contributed by atoms with E-state index in [-0.39, 0.29) is 14.8 Å². The summed E-state index contributed by atoms with van der Waals surface area (Å²) in [6.45, 7) is 0.921. The molecule has 0 unspecified atom stereocenters. The number of aromatic nitrogens is 2. The van der Waals surface area contributed by atoms with Crippen LogP contribution in [0.1, 0.15) is 0 Å². The minimum atomic E-state index is -3.72. The molecule has 5 nitrogen and oxygen atoms in total. The van der Waals surface area contributed by atoms with Crippen LogP contribution in [0.15, 0.2) is 58.7 Å². The van der Waals surface area contributed by atoms with Gasteiger partial charge in [-0.1, -0.05) is 23.7 Å². The molecular weight excluding hydrogens is 322 g/mol. The molecule has 0 fully saturated rings. The summed E-state index contributed by atoms with van der Waals surface area (Å²) in [5.41, 5.74) is 6.33. The molecule has 2 heterocycles. The predicted molar refractivity (Wildman–Crippen MR) is 85.7 cm³/mol. The Morgan fingerprint density at radius 1 is 1.18 bits per heavy atom. The first-order valence-corrected chi connectivity index (χ1v) is 8.54. The minimum absolute atomic E-state index is 0.0975. The fourth-order valence-electron chi connectivity index (χ4n) is 2.42. The molecule has 0 atom stereocenters. The number of hydrogen-bond acceptors (Lipinski definition) is 4. The van der Waals surface area contributed by atoms with E-state index in [1.807, 2.05) is 0 Å². The van der Waals surface area contributed by atoms with Crippen molar-refractivity contribution in [2.45, 2.75) is 16.3 Å². The Kier molecular flexibility index (Phi) is 3.90. The van der Waals surface area contributed by atoms with Crippen molar-refractivity contribution in [2.24, 2.45) is 5.73 Å². The van der Waals surface area contributed by atoms with Crippen LogP contribution in [0, 0.1) is 0 Å². The summed E-state index contributed by atoms with van der Waals surface area (Å²) in [6.07, 6.45) is 4.80. The van der Waals surface area contributed by atoms with Crippen molar-refractivity contribution in [3.8, 4) is 0 Å². The molecule has 0 saturated heterocycles. The van der Waals surface area contributed by atoms with Crippen molar-refractivity contribution in [1.29, 1.82) is 0 Å². The number of nitrogens with two attached hydrogens (primary N) is 1. The summed E-state index contributed by atoms with van der Waals surface area (Å²) in [6, 6.07) is 8.11.